The van der Waals surface area contributed by atoms with Crippen LogP contribution < -0.4 is 15.2 Å². The van der Waals surface area contributed by atoms with Gasteiger partial charge in [-0.15, -0.1) is 0 Å². The second-order valence-corrected chi connectivity index (χ2v) is 5.06. The second kappa shape index (κ2) is 8.52. The van der Waals surface area contributed by atoms with Crippen molar-refractivity contribution < 1.29 is 14.3 Å². The number of carbonyl (C=O) groups excluding carboxylic acids is 1. The van der Waals surface area contributed by atoms with Gasteiger partial charge < -0.3 is 20.1 Å². The Hall–Kier alpha value is -1.75. The van der Waals surface area contributed by atoms with E-state index in [1.807, 2.05) is 39.0 Å². The fraction of sp³-hybridized carbons (Fsp3) is 0.562. The molecule has 0 aromatic heterocycles. The number of hydrogen-bond acceptors (Lipinski definition) is 4. The van der Waals surface area contributed by atoms with Crippen LogP contribution in [0.4, 0.5) is 0 Å². The summed E-state index contributed by atoms with van der Waals surface area (Å²) in [5.74, 6) is 1.22. The van der Waals surface area contributed by atoms with E-state index in [4.69, 9.17) is 15.2 Å². The van der Waals surface area contributed by atoms with E-state index in [1.165, 1.54) is 0 Å². The van der Waals surface area contributed by atoms with E-state index in [2.05, 4.69) is 0 Å². The van der Waals surface area contributed by atoms with Gasteiger partial charge >= 0.3 is 0 Å². The third-order valence-electron chi connectivity index (χ3n) is 3.14. The lowest BCUT2D eigenvalue weighted by molar-refractivity contribution is -0.131. The molecule has 1 aromatic carbocycles. The van der Waals surface area contributed by atoms with E-state index in [1.54, 1.807) is 11.9 Å². The number of amides is 1. The smallest absolute Gasteiger partial charge is 0.260 e. The predicted octanol–water partition coefficient (Wildman–Crippen LogP) is 1.83. The molecule has 21 heavy (non-hydrogen) atoms. The number of likely N-dealkylation sites (N-methyl/N-ethyl adjacent to an activating group) is 1. The van der Waals surface area contributed by atoms with Gasteiger partial charge in [0.05, 0.1) is 6.61 Å². The van der Waals surface area contributed by atoms with Gasteiger partial charge in [-0.3, -0.25) is 4.79 Å². The molecule has 2 N–H and O–H groups in total. The maximum atomic E-state index is 11.9. The maximum Gasteiger partial charge on any atom is 0.260 e. The first-order chi connectivity index (χ1) is 9.99. The normalized spacial score (nSPS) is 11.9. The first-order valence-electron chi connectivity index (χ1n) is 7.36. The third kappa shape index (κ3) is 5.27. The Kier molecular flexibility index (Phi) is 7.02. The molecule has 0 fully saturated rings. The fourth-order valence-electron chi connectivity index (χ4n) is 1.92. The molecule has 1 aromatic rings. The largest absolute Gasteiger partial charge is 0.490 e. The predicted molar refractivity (Wildman–Crippen MR) is 83.8 cm³/mol. The molecule has 1 atom stereocenters. The van der Waals surface area contributed by atoms with Crippen molar-refractivity contribution in [2.75, 3.05) is 26.8 Å². The van der Waals surface area contributed by atoms with Crippen LogP contribution in [0.2, 0.25) is 0 Å². The minimum Gasteiger partial charge on any atom is -0.490 e. The van der Waals surface area contributed by atoms with Crippen LogP contribution >= 0.6 is 0 Å². The van der Waals surface area contributed by atoms with Crippen molar-refractivity contribution in [1.82, 2.24) is 4.90 Å². The van der Waals surface area contributed by atoms with Crippen molar-refractivity contribution in [3.63, 3.8) is 0 Å². The topological polar surface area (TPSA) is 64.8 Å². The van der Waals surface area contributed by atoms with Gasteiger partial charge in [-0.2, -0.15) is 0 Å². The summed E-state index contributed by atoms with van der Waals surface area (Å²) in [6.45, 7) is 6.97. The summed E-state index contributed by atoms with van der Waals surface area (Å²) in [6.07, 6.45) is 0.675. The molecule has 5 nitrogen and oxygen atoms in total. The Morgan fingerprint density at radius 1 is 1.33 bits per heavy atom. The van der Waals surface area contributed by atoms with E-state index >= 15 is 0 Å². The molecule has 5 heteroatoms. The van der Waals surface area contributed by atoms with Crippen molar-refractivity contribution in [1.29, 1.82) is 0 Å². The SMILES string of the molecule is CCOc1cccc(CC(C)N)c1OCC(=O)N(C)CC. The van der Waals surface area contributed by atoms with E-state index in [0.29, 0.717) is 31.1 Å². The molecule has 0 radical (unpaired) electrons. The highest BCUT2D eigenvalue weighted by atomic mass is 16.5. The molecule has 0 saturated heterocycles. The van der Waals surface area contributed by atoms with Crippen LogP contribution in [-0.2, 0) is 11.2 Å². The first kappa shape index (κ1) is 17.3. The molecule has 0 aliphatic carbocycles. The molecule has 1 amide bonds. The van der Waals surface area contributed by atoms with Crippen LogP contribution in [0, 0.1) is 0 Å². The molecular weight excluding hydrogens is 268 g/mol. The third-order valence-corrected chi connectivity index (χ3v) is 3.14. The van der Waals surface area contributed by atoms with Crippen LogP contribution in [0.3, 0.4) is 0 Å². The zero-order valence-corrected chi connectivity index (χ0v) is 13.4. The average Bonchev–Trinajstić information content (AvgIpc) is 2.45. The van der Waals surface area contributed by atoms with Gasteiger partial charge in [0.2, 0.25) is 0 Å². The second-order valence-electron chi connectivity index (χ2n) is 5.06. The Morgan fingerprint density at radius 2 is 2.05 bits per heavy atom. The summed E-state index contributed by atoms with van der Waals surface area (Å²) in [7, 11) is 1.75. The van der Waals surface area contributed by atoms with E-state index in [0.717, 1.165) is 5.56 Å². The quantitative estimate of drug-likeness (QED) is 0.794. The van der Waals surface area contributed by atoms with E-state index in [9.17, 15) is 4.79 Å². The van der Waals surface area contributed by atoms with Crippen molar-refractivity contribution in [3.05, 3.63) is 23.8 Å². The lowest BCUT2D eigenvalue weighted by Gasteiger charge is -2.19. The number of rotatable bonds is 8. The Labute approximate surface area is 127 Å². The molecule has 0 heterocycles. The van der Waals surface area contributed by atoms with E-state index < -0.39 is 0 Å². The summed E-state index contributed by atoms with van der Waals surface area (Å²) in [5, 5.41) is 0. The van der Waals surface area contributed by atoms with Crippen LogP contribution in [0.5, 0.6) is 11.5 Å². The molecule has 0 aliphatic heterocycles. The number of ether oxygens (including phenoxy) is 2. The maximum absolute atomic E-state index is 11.9. The van der Waals surface area contributed by atoms with Crippen molar-refractivity contribution in [2.45, 2.75) is 33.2 Å². The fourth-order valence-corrected chi connectivity index (χ4v) is 1.92. The molecule has 0 spiro atoms. The van der Waals surface area contributed by atoms with Crippen molar-refractivity contribution in [3.8, 4) is 11.5 Å². The van der Waals surface area contributed by atoms with Crippen LogP contribution in [0.15, 0.2) is 18.2 Å². The zero-order chi connectivity index (χ0) is 15.8. The van der Waals surface area contributed by atoms with Gasteiger partial charge in [0.15, 0.2) is 18.1 Å². The number of carbonyl (C=O) groups is 1. The number of nitrogens with two attached hydrogens (primary N) is 1. The van der Waals surface area contributed by atoms with Gasteiger partial charge in [-0.05, 0) is 38.8 Å². The summed E-state index contributed by atoms with van der Waals surface area (Å²) >= 11 is 0. The lowest BCUT2D eigenvalue weighted by Crippen LogP contribution is -2.31. The number of benzene rings is 1. The highest BCUT2D eigenvalue weighted by Crippen LogP contribution is 2.32. The molecule has 1 rings (SSSR count). The minimum atomic E-state index is -0.0597. The highest BCUT2D eigenvalue weighted by molar-refractivity contribution is 5.77. The monoisotopic (exact) mass is 294 g/mol. The number of nitrogens with zero attached hydrogens (tertiary/aromatic N) is 1. The molecule has 0 aliphatic rings. The highest BCUT2D eigenvalue weighted by Gasteiger charge is 2.15. The molecule has 1 unspecified atom stereocenters. The summed E-state index contributed by atoms with van der Waals surface area (Å²) in [6, 6.07) is 5.72. The van der Waals surface area contributed by atoms with Gasteiger partial charge in [0.1, 0.15) is 0 Å². The summed E-state index contributed by atoms with van der Waals surface area (Å²) in [5.41, 5.74) is 6.83. The summed E-state index contributed by atoms with van der Waals surface area (Å²) in [4.78, 5) is 13.5. The standard InChI is InChI=1S/C16H26N2O3/c1-5-18(4)15(19)11-21-16-13(10-12(3)17)8-7-9-14(16)20-6-2/h7-9,12H,5-6,10-11,17H2,1-4H3. The first-order valence-corrected chi connectivity index (χ1v) is 7.36. The zero-order valence-electron chi connectivity index (χ0n) is 13.4. The summed E-state index contributed by atoms with van der Waals surface area (Å²) < 4.78 is 11.3. The molecular formula is C16H26N2O3. The Bertz CT molecular complexity index is 461. The van der Waals surface area contributed by atoms with E-state index in [-0.39, 0.29) is 18.6 Å². The van der Waals surface area contributed by atoms with Gasteiger partial charge in [-0.25, -0.2) is 0 Å². The van der Waals surface area contributed by atoms with Crippen molar-refractivity contribution in [2.24, 2.45) is 5.73 Å². The van der Waals surface area contributed by atoms with Crippen molar-refractivity contribution >= 4 is 5.91 Å². The minimum absolute atomic E-state index is 0.000377. The van der Waals surface area contributed by atoms with Gasteiger partial charge in [-0.1, -0.05) is 12.1 Å². The number of hydrogen-bond donors (Lipinski definition) is 1. The lowest BCUT2D eigenvalue weighted by atomic mass is 10.1. The van der Waals surface area contributed by atoms with Gasteiger partial charge in [0.25, 0.3) is 5.91 Å². The van der Waals surface area contributed by atoms with Crippen LogP contribution in [0.25, 0.3) is 0 Å². The Morgan fingerprint density at radius 3 is 2.62 bits per heavy atom. The molecule has 0 saturated carbocycles. The Balaban J connectivity index is 2.92. The average molecular weight is 294 g/mol. The molecule has 0 bridgehead atoms. The number of para-hydroxylation sites is 1. The van der Waals surface area contributed by atoms with Crippen LogP contribution in [-0.4, -0.2) is 43.7 Å². The van der Waals surface area contributed by atoms with Gasteiger partial charge in [0, 0.05) is 19.6 Å². The molecule has 118 valence electrons. The van der Waals surface area contributed by atoms with Crippen LogP contribution in [0.1, 0.15) is 26.3 Å².